The molecule has 2 aromatic rings. The average molecular weight is 189 g/mol. The van der Waals surface area contributed by atoms with Gasteiger partial charge in [-0.15, -0.1) is 0 Å². The van der Waals surface area contributed by atoms with E-state index in [4.69, 9.17) is 5.73 Å². The van der Waals surface area contributed by atoms with Crippen molar-refractivity contribution in [1.82, 2.24) is 19.7 Å². The predicted octanol–water partition coefficient (Wildman–Crippen LogP) is 0.336. The highest BCUT2D eigenvalue weighted by Crippen LogP contribution is 2.19. The maximum atomic E-state index is 5.61. The van der Waals surface area contributed by atoms with E-state index in [9.17, 15) is 0 Å². The van der Waals surface area contributed by atoms with Gasteiger partial charge in [0.15, 0.2) is 0 Å². The zero-order valence-corrected chi connectivity index (χ0v) is 7.88. The third-order valence-electron chi connectivity index (χ3n) is 1.96. The first-order chi connectivity index (χ1) is 6.81. The Labute approximate surface area is 81.6 Å². The van der Waals surface area contributed by atoms with Crippen LogP contribution in [-0.2, 0) is 13.6 Å². The van der Waals surface area contributed by atoms with Crippen LogP contribution >= 0.6 is 0 Å². The first-order valence-corrected chi connectivity index (χ1v) is 4.29. The van der Waals surface area contributed by atoms with E-state index in [-0.39, 0.29) is 0 Å². The summed E-state index contributed by atoms with van der Waals surface area (Å²) in [6.45, 7) is 0.470. The van der Waals surface area contributed by atoms with Crippen LogP contribution < -0.4 is 5.73 Å². The Hall–Kier alpha value is -1.75. The second-order valence-corrected chi connectivity index (χ2v) is 3.01. The van der Waals surface area contributed by atoms with E-state index >= 15 is 0 Å². The summed E-state index contributed by atoms with van der Waals surface area (Å²) in [6.07, 6.45) is 6.86. The van der Waals surface area contributed by atoms with Crippen LogP contribution in [-0.4, -0.2) is 19.7 Å². The molecule has 2 rings (SSSR count). The molecule has 0 fully saturated rings. The summed E-state index contributed by atoms with van der Waals surface area (Å²) < 4.78 is 1.74. The molecule has 0 saturated heterocycles. The number of rotatable bonds is 2. The summed E-state index contributed by atoms with van der Waals surface area (Å²) in [7, 11) is 1.87. The van der Waals surface area contributed by atoms with Crippen molar-refractivity contribution in [2.75, 3.05) is 0 Å². The normalized spacial score (nSPS) is 10.4. The predicted molar refractivity (Wildman–Crippen MR) is 52.1 cm³/mol. The minimum Gasteiger partial charge on any atom is -0.326 e. The van der Waals surface area contributed by atoms with Gasteiger partial charge in [-0.3, -0.25) is 4.68 Å². The highest BCUT2D eigenvalue weighted by Gasteiger charge is 2.08. The van der Waals surface area contributed by atoms with Gasteiger partial charge in [-0.2, -0.15) is 5.10 Å². The van der Waals surface area contributed by atoms with E-state index in [1.54, 1.807) is 17.1 Å². The second-order valence-electron chi connectivity index (χ2n) is 3.01. The number of aryl methyl sites for hydroxylation is 1. The molecule has 0 aromatic carbocycles. The number of aromatic nitrogens is 4. The smallest absolute Gasteiger partial charge is 0.115 e. The monoisotopic (exact) mass is 189 g/mol. The Morgan fingerprint density at radius 1 is 1.36 bits per heavy atom. The minimum atomic E-state index is 0.470. The average Bonchev–Trinajstić information content (AvgIpc) is 2.61. The highest BCUT2D eigenvalue weighted by molar-refractivity contribution is 5.60. The van der Waals surface area contributed by atoms with E-state index < -0.39 is 0 Å². The van der Waals surface area contributed by atoms with E-state index in [1.165, 1.54) is 6.33 Å². The quantitative estimate of drug-likeness (QED) is 0.739. The van der Waals surface area contributed by atoms with Crippen LogP contribution in [0, 0.1) is 0 Å². The maximum Gasteiger partial charge on any atom is 0.115 e. The molecule has 5 heteroatoms. The second kappa shape index (κ2) is 3.55. The lowest BCUT2D eigenvalue weighted by molar-refractivity contribution is 0.769. The number of hydrogen-bond donors (Lipinski definition) is 1. The third kappa shape index (κ3) is 1.49. The molecule has 2 aromatic heterocycles. The van der Waals surface area contributed by atoms with Gasteiger partial charge in [0.25, 0.3) is 0 Å². The van der Waals surface area contributed by atoms with Crippen LogP contribution in [0.25, 0.3) is 11.3 Å². The Bertz CT molecular complexity index is 420. The molecule has 2 heterocycles. The van der Waals surface area contributed by atoms with Crippen LogP contribution in [0.1, 0.15) is 5.56 Å². The molecule has 0 aliphatic heterocycles. The van der Waals surface area contributed by atoms with Crippen molar-refractivity contribution in [3.63, 3.8) is 0 Å². The van der Waals surface area contributed by atoms with Gasteiger partial charge >= 0.3 is 0 Å². The van der Waals surface area contributed by atoms with Crippen molar-refractivity contribution in [2.45, 2.75) is 6.54 Å². The molecule has 0 aliphatic carbocycles. The lowest BCUT2D eigenvalue weighted by Gasteiger charge is -1.97. The highest BCUT2D eigenvalue weighted by atomic mass is 15.3. The lowest BCUT2D eigenvalue weighted by Crippen LogP contribution is -1.96. The van der Waals surface area contributed by atoms with Crippen molar-refractivity contribution in [3.05, 3.63) is 30.5 Å². The summed E-state index contributed by atoms with van der Waals surface area (Å²) in [5, 5.41) is 4.31. The van der Waals surface area contributed by atoms with Crippen LogP contribution in [0.3, 0.4) is 0 Å². The van der Waals surface area contributed by atoms with E-state index in [2.05, 4.69) is 15.1 Å². The van der Waals surface area contributed by atoms with Crippen molar-refractivity contribution < 1.29 is 0 Å². The van der Waals surface area contributed by atoms with Crippen LogP contribution in [0.15, 0.2) is 24.9 Å². The molecule has 0 atom stereocenters. The molecule has 0 radical (unpaired) electrons. The first kappa shape index (κ1) is 8.83. The SMILES string of the molecule is Cn1cc(CN)c(-c2cncnc2)n1. The molecule has 0 amide bonds. The fourth-order valence-electron chi connectivity index (χ4n) is 1.35. The van der Waals surface area contributed by atoms with Gasteiger partial charge in [0.05, 0.1) is 5.69 Å². The summed E-state index contributed by atoms with van der Waals surface area (Å²) in [6, 6.07) is 0. The van der Waals surface area contributed by atoms with Gasteiger partial charge in [0.1, 0.15) is 6.33 Å². The van der Waals surface area contributed by atoms with E-state index in [0.717, 1.165) is 16.8 Å². The van der Waals surface area contributed by atoms with Gasteiger partial charge in [-0.05, 0) is 0 Å². The number of hydrogen-bond acceptors (Lipinski definition) is 4. The zero-order chi connectivity index (χ0) is 9.97. The van der Waals surface area contributed by atoms with Crippen molar-refractivity contribution in [2.24, 2.45) is 12.8 Å². The maximum absolute atomic E-state index is 5.61. The zero-order valence-electron chi connectivity index (χ0n) is 7.88. The molecule has 0 bridgehead atoms. The van der Waals surface area contributed by atoms with E-state index in [1.807, 2.05) is 13.2 Å². The molecule has 72 valence electrons. The largest absolute Gasteiger partial charge is 0.326 e. The van der Waals surface area contributed by atoms with Crippen LogP contribution in [0.2, 0.25) is 0 Å². The van der Waals surface area contributed by atoms with Crippen LogP contribution in [0.5, 0.6) is 0 Å². The first-order valence-electron chi connectivity index (χ1n) is 4.29. The summed E-state index contributed by atoms with van der Waals surface area (Å²) in [5.74, 6) is 0. The molecular weight excluding hydrogens is 178 g/mol. The Morgan fingerprint density at radius 3 is 2.71 bits per heavy atom. The Kier molecular flexibility index (Phi) is 2.24. The fraction of sp³-hybridized carbons (Fsp3) is 0.222. The van der Waals surface area contributed by atoms with Gasteiger partial charge in [-0.1, -0.05) is 0 Å². The summed E-state index contributed by atoms with van der Waals surface area (Å²) >= 11 is 0. The summed E-state index contributed by atoms with van der Waals surface area (Å²) in [5.41, 5.74) is 8.36. The molecular formula is C9H11N5. The molecule has 0 saturated carbocycles. The van der Waals surface area contributed by atoms with Gasteiger partial charge in [-0.25, -0.2) is 9.97 Å². The van der Waals surface area contributed by atoms with Crippen LogP contribution in [0.4, 0.5) is 0 Å². The van der Waals surface area contributed by atoms with Crippen molar-refractivity contribution in [1.29, 1.82) is 0 Å². The molecule has 0 aliphatic rings. The van der Waals surface area contributed by atoms with Crippen molar-refractivity contribution >= 4 is 0 Å². The fourth-order valence-corrected chi connectivity index (χ4v) is 1.35. The Balaban J connectivity index is 2.51. The molecule has 14 heavy (non-hydrogen) atoms. The molecule has 2 N–H and O–H groups in total. The van der Waals surface area contributed by atoms with E-state index in [0.29, 0.717) is 6.54 Å². The Morgan fingerprint density at radius 2 is 2.07 bits per heavy atom. The summed E-state index contributed by atoms with van der Waals surface area (Å²) in [4.78, 5) is 7.89. The number of nitrogens with two attached hydrogens (primary N) is 1. The standard InChI is InChI=1S/C9H11N5/c1-14-5-7(2-10)9(13-14)8-3-11-6-12-4-8/h3-6H,2,10H2,1H3. The van der Waals surface area contributed by atoms with Crippen molar-refractivity contribution in [3.8, 4) is 11.3 Å². The van der Waals surface area contributed by atoms with Gasteiger partial charge in [0, 0.05) is 43.3 Å². The molecule has 5 nitrogen and oxygen atoms in total. The lowest BCUT2D eigenvalue weighted by atomic mass is 10.1. The van der Waals surface area contributed by atoms with Gasteiger partial charge in [0.2, 0.25) is 0 Å². The number of nitrogens with zero attached hydrogens (tertiary/aromatic N) is 4. The van der Waals surface area contributed by atoms with Gasteiger partial charge < -0.3 is 5.73 Å². The molecule has 0 unspecified atom stereocenters. The molecule has 0 spiro atoms. The minimum absolute atomic E-state index is 0.470. The third-order valence-corrected chi connectivity index (χ3v) is 1.96. The topological polar surface area (TPSA) is 69.6 Å².